The second-order valence-corrected chi connectivity index (χ2v) is 3.10. The molecule has 0 spiro atoms. The van der Waals surface area contributed by atoms with E-state index in [0.717, 1.165) is 0 Å². The highest BCUT2D eigenvalue weighted by atomic mass is 16.4. The summed E-state index contributed by atoms with van der Waals surface area (Å²) in [6.45, 7) is 3.49. The van der Waals surface area contributed by atoms with E-state index in [-0.39, 0.29) is 5.69 Å². The Morgan fingerprint density at radius 1 is 1.81 bits per heavy atom. The molecule has 1 atom stereocenters. The van der Waals surface area contributed by atoms with Crippen LogP contribution in [-0.2, 0) is 4.79 Å². The number of carboxylic acid groups (broad SMARTS) is 1. The molecule has 0 aliphatic rings. The highest BCUT2D eigenvalue weighted by molar-refractivity contribution is 5.77. The lowest BCUT2D eigenvalue weighted by Gasteiger charge is -2.13. The van der Waals surface area contributed by atoms with Crippen molar-refractivity contribution in [2.75, 3.05) is 5.32 Å². The van der Waals surface area contributed by atoms with E-state index in [1.807, 2.05) is 6.07 Å². The molecule has 0 saturated carbocycles. The van der Waals surface area contributed by atoms with Crippen molar-refractivity contribution < 1.29 is 9.90 Å². The molecule has 0 amide bonds. The van der Waals surface area contributed by atoms with Crippen LogP contribution in [0, 0.1) is 11.3 Å². The fraction of sp³-hybridized carbons (Fsp3) is 0.182. The fourth-order valence-electron chi connectivity index (χ4n) is 1.17. The molecule has 0 fully saturated rings. The molecule has 0 aliphatic heterocycles. The molecule has 5 nitrogen and oxygen atoms in total. The van der Waals surface area contributed by atoms with E-state index in [4.69, 9.17) is 10.4 Å². The molecule has 16 heavy (non-hydrogen) atoms. The zero-order chi connectivity index (χ0) is 12.0. The van der Waals surface area contributed by atoms with Crippen molar-refractivity contribution in [2.45, 2.75) is 12.5 Å². The van der Waals surface area contributed by atoms with Crippen molar-refractivity contribution in [2.24, 2.45) is 0 Å². The minimum absolute atomic E-state index is 0.243. The van der Waals surface area contributed by atoms with E-state index in [9.17, 15) is 4.79 Å². The minimum Gasteiger partial charge on any atom is -0.480 e. The van der Waals surface area contributed by atoms with E-state index in [2.05, 4.69) is 16.9 Å². The number of aromatic nitrogens is 1. The van der Waals surface area contributed by atoms with Crippen LogP contribution in [-0.4, -0.2) is 22.1 Å². The summed E-state index contributed by atoms with van der Waals surface area (Å²) in [7, 11) is 0. The Balaban J connectivity index is 2.81. The van der Waals surface area contributed by atoms with Gasteiger partial charge in [0.2, 0.25) is 0 Å². The molecule has 1 aromatic rings. The van der Waals surface area contributed by atoms with Crippen LogP contribution >= 0.6 is 0 Å². The number of pyridine rings is 1. The summed E-state index contributed by atoms with van der Waals surface area (Å²) in [6.07, 6.45) is 3.28. The molecular formula is C11H11N3O2. The molecule has 0 bridgehead atoms. The molecule has 1 rings (SSSR count). The van der Waals surface area contributed by atoms with Crippen molar-refractivity contribution in [1.29, 1.82) is 5.26 Å². The van der Waals surface area contributed by atoms with E-state index < -0.39 is 12.0 Å². The average Bonchev–Trinajstić information content (AvgIpc) is 2.28. The first-order valence-corrected chi connectivity index (χ1v) is 4.63. The van der Waals surface area contributed by atoms with Crippen molar-refractivity contribution >= 4 is 11.7 Å². The number of hydrogen-bond donors (Lipinski definition) is 2. The lowest BCUT2D eigenvalue weighted by atomic mass is 10.2. The Morgan fingerprint density at radius 3 is 3.12 bits per heavy atom. The largest absolute Gasteiger partial charge is 0.480 e. The molecule has 0 aromatic carbocycles. The number of rotatable bonds is 5. The third kappa shape index (κ3) is 3.10. The van der Waals surface area contributed by atoms with E-state index in [1.165, 1.54) is 18.3 Å². The van der Waals surface area contributed by atoms with Crippen LogP contribution in [0.15, 0.2) is 31.0 Å². The van der Waals surface area contributed by atoms with E-state index in [0.29, 0.717) is 12.1 Å². The minimum atomic E-state index is -0.963. The zero-order valence-corrected chi connectivity index (χ0v) is 8.55. The highest BCUT2D eigenvalue weighted by Gasteiger charge is 2.15. The Hall–Kier alpha value is -2.35. The molecule has 2 N–H and O–H groups in total. The Labute approximate surface area is 93.0 Å². The number of aliphatic carboxylic acids is 1. The van der Waals surface area contributed by atoms with Crippen molar-refractivity contribution in [3.8, 4) is 6.07 Å². The van der Waals surface area contributed by atoms with Crippen LogP contribution in [0.2, 0.25) is 0 Å². The van der Waals surface area contributed by atoms with Gasteiger partial charge in [-0.15, -0.1) is 6.58 Å². The maximum absolute atomic E-state index is 10.9. The van der Waals surface area contributed by atoms with Crippen molar-refractivity contribution in [1.82, 2.24) is 4.98 Å². The lowest BCUT2D eigenvalue weighted by molar-refractivity contribution is -0.137. The Bertz CT molecular complexity index is 437. The van der Waals surface area contributed by atoms with Gasteiger partial charge in [-0.3, -0.25) is 0 Å². The van der Waals surface area contributed by atoms with Gasteiger partial charge in [-0.25, -0.2) is 9.78 Å². The summed E-state index contributed by atoms with van der Waals surface area (Å²) < 4.78 is 0. The first-order valence-electron chi connectivity index (χ1n) is 4.63. The Morgan fingerprint density at radius 2 is 2.56 bits per heavy atom. The summed E-state index contributed by atoms with van der Waals surface area (Å²) in [5, 5.41) is 20.3. The summed E-state index contributed by atoms with van der Waals surface area (Å²) in [4.78, 5) is 14.6. The van der Waals surface area contributed by atoms with Crippen LogP contribution in [0.3, 0.4) is 0 Å². The highest BCUT2D eigenvalue weighted by Crippen LogP contribution is 2.10. The molecule has 0 saturated heterocycles. The molecule has 1 aromatic heterocycles. The monoisotopic (exact) mass is 217 g/mol. The molecule has 0 radical (unpaired) electrons. The predicted molar refractivity (Wildman–Crippen MR) is 58.8 cm³/mol. The number of carbonyl (C=O) groups is 1. The average molecular weight is 217 g/mol. The quantitative estimate of drug-likeness (QED) is 0.728. The standard InChI is InChI=1S/C11H11N3O2/c1-2-3-10(11(15)16)14-8-4-5-13-9(6-8)7-12/h2,4-6,10H,1,3H2,(H,13,14)(H,15,16). The lowest BCUT2D eigenvalue weighted by Crippen LogP contribution is -2.28. The predicted octanol–water partition coefficient (Wildman–Crippen LogP) is 1.39. The SMILES string of the molecule is C=CCC(Nc1ccnc(C#N)c1)C(=O)O. The van der Waals surface area contributed by atoms with Crippen molar-refractivity contribution in [3.05, 3.63) is 36.7 Å². The number of anilines is 1. The summed E-state index contributed by atoms with van der Waals surface area (Å²) in [5.74, 6) is -0.963. The van der Waals surface area contributed by atoms with Gasteiger partial charge in [-0.2, -0.15) is 5.26 Å². The Kier molecular flexibility index (Phi) is 4.04. The van der Waals surface area contributed by atoms with Gasteiger partial charge >= 0.3 is 5.97 Å². The molecular weight excluding hydrogens is 206 g/mol. The van der Waals surface area contributed by atoms with E-state index >= 15 is 0 Å². The van der Waals surface area contributed by atoms with Crippen LogP contribution in [0.1, 0.15) is 12.1 Å². The smallest absolute Gasteiger partial charge is 0.326 e. The van der Waals surface area contributed by atoms with Crippen LogP contribution in [0.5, 0.6) is 0 Å². The number of nitriles is 1. The van der Waals surface area contributed by atoms with Crippen molar-refractivity contribution in [3.63, 3.8) is 0 Å². The van der Waals surface area contributed by atoms with Crippen LogP contribution in [0.25, 0.3) is 0 Å². The normalized spacial score (nSPS) is 11.2. The topological polar surface area (TPSA) is 86.0 Å². The van der Waals surface area contributed by atoms with Crippen LogP contribution in [0.4, 0.5) is 5.69 Å². The molecule has 1 heterocycles. The molecule has 1 unspecified atom stereocenters. The van der Waals surface area contributed by atoms with Gasteiger partial charge in [0.05, 0.1) is 0 Å². The second-order valence-electron chi connectivity index (χ2n) is 3.10. The second kappa shape index (κ2) is 5.51. The molecule has 5 heteroatoms. The third-order valence-corrected chi connectivity index (χ3v) is 1.92. The number of nitrogens with one attached hydrogen (secondary N) is 1. The van der Waals surface area contributed by atoms with Crippen LogP contribution < -0.4 is 5.32 Å². The van der Waals surface area contributed by atoms with E-state index in [1.54, 1.807) is 6.07 Å². The number of nitrogens with zero attached hydrogens (tertiary/aromatic N) is 2. The first kappa shape index (κ1) is 11.7. The maximum Gasteiger partial charge on any atom is 0.326 e. The van der Waals surface area contributed by atoms with Gasteiger partial charge in [-0.05, 0) is 18.6 Å². The maximum atomic E-state index is 10.9. The van der Waals surface area contributed by atoms with Gasteiger partial charge < -0.3 is 10.4 Å². The van der Waals surface area contributed by atoms with Gasteiger partial charge in [0, 0.05) is 11.9 Å². The summed E-state index contributed by atoms with van der Waals surface area (Å²) in [6, 6.07) is 4.25. The van der Waals surface area contributed by atoms with Gasteiger partial charge in [0.25, 0.3) is 0 Å². The summed E-state index contributed by atoms with van der Waals surface area (Å²) >= 11 is 0. The number of hydrogen-bond acceptors (Lipinski definition) is 4. The zero-order valence-electron chi connectivity index (χ0n) is 8.55. The van der Waals surface area contributed by atoms with Gasteiger partial charge in [0.1, 0.15) is 17.8 Å². The fourth-order valence-corrected chi connectivity index (χ4v) is 1.17. The van der Waals surface area contributed by atoms with Gasteiger partial charge in [0.15, 0.2) is 0 Å². The summed E-state index contributed by atoms with van der Waals surface area (Å²) in [5.41, 5.74) is 0.800. The molecule has 82 valence electrons. The molecule has 0 aliphatic carbocycles. The third-order valence-electron chi connectivity index (χ3n) is 1.92. The number of carboxylic acids is 1. The van der Waals surface area contributed by atoms with Gasteiger partial charge in [-0.1, -0.05) is 6.08 Å². The first-order chi connectivity index (χ1) is 7.67.